The topological polar surface area (TPSA) is 44.8 Å². The van der Waals surface area contributed by atoms with Crippen LogP contribution in [0.15, 0.2) is 0 Å². The van der Waals surface area contributed by atoms with Crippen molar-refractivity contribution in [2.24, 2.45) is 5.92 Å². The van der Waals surface area contributed by atoms with Crippen LogP contribution in [-0.4, -0.2) is 74.7 Å². The molecule has 5 heteroatoms. The summed E-state index contributed by atoms with van der Waals surface area (Å²) in [4.78, 5) is 16.9. The van der Waals surface area contributed by atoms with Gasteiger partial charge in [-0.25, -0.2) is 0 Å². The van der Waals surface area contributed by atoms with Gasteiger partial charge >= 0.3 is 5.97 Å². The first-order valence-corrected chi connectivity index (χ1v) is 8.42. The number of piperidine rings is 2. The first-order valence-electron chi connectivity index (χ1n) is 8.42. The molecule has 0 aromatic rings. The molecule has 3 atom stereocenters. The van der Waals surface area contributed by atoms with Crippen LogP contribution in [0.4, 0.5) is 0 Å². The minimum Gasteiger partial charge on any atom is -0.465 e. The maximum atomic E-state index is 11.8. The molecule has 0 radical (unpaired) electrons. The third-order valence-corrected chi connectivity index (χ3v) is 5.08. The average Bonchev–Trinajstić information content (AvgIpc) is 2.48. The maximum Gasteiger partial charge on any atom is 0.323 e. The zero-order valence-electron chi connectivity index (χ0n) is 13.8. The molecule has 122 valence electrons. The standard InChI is InChI=1S/C16H31N3O2/c1-4-21-16(20)14(17-2)7-10-19-11-8-15-13(12-19)6-5-9-18(15)3/h13-15,17H,4-12H2,1-3H3. The molecule has 5 nitrogen and oxygen atoms in total. The lowest BCUT2D eigenvalue weighted by atomic mass is 9.84. The Morgan fingerprint density at radius 1 is 1.38 bits per heavy atom. The summed E-state index contributed by atoms with van der Waals surface area (Å²) in [7, 11) is 4.11. The van der Waals surface area contributed by atoms with E-state index in [4.69, 9.17) is 4.74 Å². The monoisotopic (exact) mass is 297 g/mol. The van der Waals surface area contributed by atoms with E-state index in [1.807, 2.05) is 14.0 Å². The lowest BCUT2D eigenvalue weighted by Crippen LogP contribution is -2.53. The van der Waals surface area contributed by atoms with Crippen LogP contribution in [0.1, 0.15) is 32.6 Å². The van der Waals surface area contributed by atoms with E-state index in [2.05, 4.69) is 22.2 Å². The Morgan fingerprint density at radius 3 is 2.90 bits per heavy atom. The Morgan fingerprint density at radius 2 is 2.19 bits per heavy atom. The van der Waals surface area contributed by atoms with E-state index in [1.54, 1.807) is 0 Å². The average molecular weight is 297 g/mol. The summed E-state index contributed by atoms with van der Waals surface area (Å²) in [5.41, 5.74) is 0. The van der Waals surface area contributed by atoms with Crippen LogP contribution in [0.3, 0.4) is 0 Å². The Bertz CT molecular complexity index is 337. The summed E-state index contributed by atoms with van der Waals surface area (Å²) < 4.78 is 5.11. The number of likely N-dealkylation sites (N-methyl/N-ethyl adjacent to an activating group) is 1. The van der Waals surface area contributed by atoms with Gasteiger partial charge in [-0.15, -0.1) is 0 Å². The second-order valence-corrected chi connectivity index (χ2v) is 6.42. The number of rotatable bonds is 6. The minimum atomic E-state index is -0.170. The molecule has 0 saturated carbocycles. The number of hydrogen-bond donors (Lipinski definition) is 1. The molecular formula is C16H31N3O2. The highest BCUT2D eigenvalue weighted by atomic mass is 16.5. The number of hydrogen-bond acceptors (Lipinski definition) is 5. The molecule has 0 aromatic carbocycles. The molecule has 2 saturated heterocycles. The molecule has 2 rings (SSSR count). The van der Waals surface area contributed by atoms with Gasteiger partial charge in [0.25, 0.3) is 0 Å². The highest BCUT2D eigenvalue weighted by molar-refractivity contribution is 5.75. The van der Waals surface area contributed by atoms with Crippen molar-refractivity contribution < 1.29 is 9.53 Å². The van der Waals surface area contributed by atoms with Crippen molar-refractivity contribution in [2.45, 2.75) is 44.7 Å². The Balaban J connectivity index is 1.77. The van der Waals surface area contributed by atoms with Gasteiger partial charge in [0.2, 0.25) is 0 Å². The maximum absolute atomic E-state index is 11.8. The molecule has 0 bridgehead atoms. The first-order chi connectivity index (χ1) is 10.2. The number of fused-ring (bicyclic) bond motifs is 1. The molecule has 0 spiro atoms. The second-order valence-electron chi connectivity index (χ2n) is 6.42. The number of esters is 1. The van der Waals surface area contributed by atoms with E-state index >= 15 is 0 Å². The van der Waals surface area contributed by atoms with Crippen LogP contribution in [0, 0.1) is 5.92 Å². The Kier molecular flexibility index (Phi) is 6.45. The fourth-order valence-electron chi connectivity index (χ4n) is 3.87. The molecule has 1 N–H and O–H groups in total. The van der Waals surface area contributed by atoms with Crippen LogP contribution < -0.4 is 5.32 Å². The molecule has 2 aliphatic heterocycles. The van der Waals surface area contributed by atoms with Gasteiger partial charge in [-0.1, -0.05) is 0 Å². The van der Waals surface area contributed by atoms with E-state index in [-0.39, 0.29) is 12.0 Å². The van der Waals surface area contributed by atoms with Gasteiger partial charge in [0.15, 0.2) is 0 Å². The van der Waals surface area contributed by atoms with Crippen LogP contribution in [0.5, 0.6) is 0 Å². The highest BCUT2D eigenvalue weighted by Crippen LogP contribution is 2.29. The lowest BCUT2D eigenvalue weighted by molar-refractivity contribution is -0.145. The summed E-state index contributed by atoms with van der Waals surface area (Å²) in [6.45, 7) is 6.90. The number of nitrogens with zero attached hydrogens (tertiary/aromatic N) is 2. The number of carbonyl (C=O) groups is 1. The predicted octanol–water partition coefficient (Wildman–Crippen LogP) is 0.944. The molecular weight excluding hydrogens is 266 g/mol. The van der Waals surface area contributed by atoms with Gasteiger partial charge in [0.05, 0.1) is 6.61 Å². The second kappa shape index (κ2) is 8.11. The Hall–Kier alpha value is -0.650. The van der Waals surface area contributed by atoms with Gasteiger partial charge in [-0.3, -0.25) is 4.79 Å². The smallest absolute Gasteiger partial charge is 0.323 e. The SMILES string of the molecule is CCOC(=O)C(CCN1CCC2C(CCCN2C)C1)NC. The molecule has 2 aliphatic rings. The van der Waals surface area contributed by atoms with E-state index in [9.17, 15) is 4.79 Å². The molecule has 21 heavy (non-hydrogen) atoms. The predicted molar refractivity (Wildman–Crippen MR) is 84.3 cm³/mol. The van der Waals surface area contributed by atoms with E-state index in [0.717, 1.165) is 31.5 Å². The van der Waals surface area contributed by atoms with Crippen molar-refractivity contribution in [3.63, 3.8) is 0 Å². The van der Waals surface area contributed by atoms with Crippen molar-refractivity contribution >= 4 is 5.97 Å². The van der Waals surface area contributed by atoms with Crippen molar-refractivity contribution in [3.8, 4) is 0 Å². The summed E-state index contributed by atoms with van der Waals surface area (Å²) in [6.07, 6.45) is 4.79. The third-order valence-electron chi connectivity index (χ3n) is 5.08. The van der Waals surface area contributed by atoms with Crippen molar-refractivity contribution in [2.75, 3.05) is 46.9 Å². The molecule has 2 fully saturated rings. The van der Waals surface area contributed by atoms with E-state index < -0.39 is 0 Å². The number of likely N-dealkylation sites (tertiary alicyclic amines) is 2. The normalized spacial score (nSPS) is 28.9. The van der Waals surface area contributed by atoms with E-state index in [0.29, 0.717) is 6.61 Å². The number of nitrogens with one attached hydrogen (secondary N) is 1. The molecule has 0 amide bonds. The summed E-state index contributed by atoms with van der Waals surface area (Å²) in [5, 5.41) is 3.08. The van der Waals surface area contributed by atoms with E-state index in [1.165, 1.54) is 32.4 Å². The van der Waals surface area contributed by atoms with Crippen LogP contribution in [-0.2, 0) is 9.53 Å². The zero-order chi connectivity index (χ0) is 15.2. The van der Waals surface area contributed by atoms with Crippen molar-refractivity contribution in [1.82, 2.24) is 15.1 Å². The summed E-state index contributed by atoms with van der Waals surface area (Å²) in [6, 6.07) is 0.608. The molecule has 3 unspecified atom stereocenters. The fraction of sp³-hybridized carbons (Fsp3) is 0.938. The van der Waals surface area contributed by atoms with Gasteiger partial charge < -0.3 is 19.9 Å². The highest BCUT2D eigenvalue weighted by Gasteiger charge is 2.34. The quantitative estimate of drug-likeness (QED) is 0.739. The summed E-state index contributed by atoms with van der Waals surface area (Å²) in [5.74, 6) is 0.695. The van der Waals surface area contributed by atoms with Crippen molar-refractivity contribution in [1.29, 1.82) is 0 Å². The van der Waals surface area contributed by atoms with Crippen LogP contribution >= 0.6 is 0 Å². The van der Waals surface area contributed by atoms with Gasteiger partial charge in [-0.2, -0.15) is 0 Å². The zero-order valence-corrected chi connectivity index (χ0v) is 13.8. The lowest BCUT2D eigenvalue weighted by Gasteiger charge is -2.46. The summed E-state index contributed by atoms with van der Waals surface area (Å²) >= 11 is 0. The van der Waals surface area contributed by atoms with Gasteiger partial charge in [0, 0.05) is 19.1 Å². The number of ether oxygens (including phenoxy) is 1. The molecule has 0 aromatic heterocycles. The largest absolute Gasteiger partial charge is 0.465 e. The number of carbonyl (C=O) groups excluding carboxylic acids is 1. The fourth-order valence-corrected chi connectivity index (χ4v) is 3.87. The molecule has 0 aliphatic carbocycles. The van der Waals surface area contributed by atoms with Gasteiger partial charge in [-0.05, 0) is 65.7 Å². The third kappa shape index (κ3) is 4.41. The van der Waals surface area contributed by atoms with Crippen LogP contribution in [0.25, 0.3) is 0 Å². The van der Waals surface area contributed by atoms with Crippen molar-refractivity contribution in [3.05, 3.63) is 0 Å². The van der Waals surface area contributed by atoms with Crippen LogP contribution in [0.2, 0.25) is 0 Å². The first kappa shape index (κ1) is 16.7. The minimum absolute atomic E-state index is 0.118. The van der Waals surface area contributed by atoms with Gasteiger partial charge in [0.1, 0.15) is 6.04 Å². The molecule has 2 heterocycles. The Labute approximate surface area is 129 Å².